The highest BCUT2D eigenvalue weighted by Crippen LogP contribution is 2.34. The van der Waals surface area contributed by atoms with Crippen molar-refractivity contribution in [2.75, 3.05) is 4.90 Å². The molecule has 19 heavy (non-hydrogen) atoms. The molecule has 2 aromatic carbocycles. The van der Waals surface area contributed by atoms with Gasteiger partial charge in [-0.3, -0.25) is 9.59 Å². The molecule has 0 radical (unpaired) electrons. The Labute approximate surface area is 109 Å². The summed E-state index contributed by atoms with van der Waals surface area (Å²) in [6, 6.07) is 11.5. The van der Waals surface area contributed by atoms with Crippen LogP contribution in [0.25, 0.3) is 0 Å². The van der Waals surface area contributed by atoms with Gasteiger partial charge in [0.25, 0.3) is 11.8 Å². The highest BCUT2D eigenvalue weighted by Gasteiger charge is 2.37. The summed E-state index contributed by atoms with van der Waals surface area (Å²) in [5, 5.41) is 9.86. The molecule has 0 saturated carbocycles. The molecular weight excluding hydrogens is 242 g/mol. The normalized spacial score (nSPS) is 13.8. The van der Waals surface area contributed by atoms with E-state index in [-0.39, 0.29) is 11.4 Å². The number of imide groups is 1. The Bertz CT molecular complexity index is 671. The lowest BCUT2D eigenvalue weighted by atomic mass is 10.1. The van der Waals surface area contributed by atoms with Crippen molar-refractivity contribution >= 4 is 17.5 Å². The second kappa shape index (κ2) is 3.95. The fourth-order valence-corrected chi connectivity index (χ4v) is 2.22. The zero-order chi connectivity index (χ0) is 13.6. The lowest BCUT2D eigenvalue weighted by molar-refractivity contribution is 0.0925. The molecule has 0 aliphatic carbocycles. The third kappa shape index (κ3) is 1.61. The van der Waals surface area contributed by atoms with Gasteiger partial charge < -0.3 is 5.11 Å². The summed E-state index contributed by atoms with van der Waals surface area (Å²) >= 11 is 0. The van der Waals surface area contributed by atoms with E-state index in [4.69, 9.17) is 0 Å². The van der Waals surface area contributed by atoms with Crippen molar-refractivity contribution in [3.63, 3.8) is 0 Å². The van der Waals surface area contributed by atoms with Gasteiger partial charge in [0.05, 0.1) is 16.8 Å². The molecule has 0 aromatic heterocycles. The molecule has 94 valence electrons. The maximum Gasteiger partial charge on any atom is 0.266 e. The molecule has 4 heteroatoms. The number of carbonyl (C=O) groups excluding carboxylic acids is 2. The minimum atomic E-state index is -0.401. The minimum Gasteiger partial charge on any atom is -0.506 e. The van der Waals surface area contributed by atoms with Gasteiger partial charge >= 0.3 is 0 Å². The smallest absolute Gasteiger partial charge is 0.266 e. The van der Waals surface area contributed by atoms with Gasteiger partial charge in [-0.2, -0.15) is 0 Å². The van der Waals surface area contributed by atoms with Crippen LogP contribution in [0.4, 0.5) is 5.69 Å². The summed E-state index contributed by atoms with van der Waals surface area (Å²) < 4.78 is 0. The van der Waals surface area contributed by atoms with Crippen LogP contribution in [-0.4, -0.2) is 16.9 Å². The zero-order valence-corrected chi connectivity index (χ0v) is 10.3. The van der Waals surface area contributed by atoms with Gasteiger partial charge in [-0.15, -0.1) is 0 Å². The molecule has 0 fully saturated rings. The Balaban J connectivity index is 2.17. The molecule has 0 saturated heterocycles. The fraction of sp³-hybridized carbons (Fsp3) is 0.0667. The molecule has 1 aliphatic rings. The summed E-state index contributed by atoms with van der Waals surface area (Å²) in [4.78, 5) is 25.6. The standard InChI is InChI=1S/C15H11NO3/c1-9-6-7-13(17)12(8-9)16-14(18)10-4-2-3-5-11(10)15(16)19/h2-8,17H,1H3. The molecule has 2 aromatic rings. The average molecular weight is 253 g/mol. The SMILES string of the molecule is Cc1ccc(O)c(N2C(=O)c3ccccc3C2=O)c1. The number of fused-ring (bicyclic) bond motifs is 1. The Morgan fingerprint density at radius 1 is 0.947 bits per heavy atom. The van der Waals surface area contributed by atoms with Crippen LogP contribution in [-0.2, 0) is 0 Å². The average Bonchev–Trinajstić information content (AvgIpc) is 2.66. The summed E-state index contributed by atoms with van der Waals surface area (Å²) in [5.74, 6) is -0.886. The Kier molecular flexibility index (Phi) is 2.38. The van der Waals surface area contributed by atoms with Crippen molar-refractivity contribution in [2.45, 2.75) is 6.92 Å². The van der Waals surface area contributed by atoms with Crippen LogP contribution >= 0.6 is 0 Å². The lowest BCUT2D eigenvalue weighted by Crippen LogP contribution is -2.29. The quantitative estimate of drug-likeness (QED) is 0.794. The van der Waals surface area contributed by atoms with E-state index in [0.29, 0.717) is 11.1 Å². The molecule has 0 unspecified atom stereocenters. The van der Waals surface area contributed by atoms with E-state index in [0.717, 1.165) is 10.5 Å². The third-order valence-electron chi connectivity index (χ3n) is 3.17. The number of phenols is 1. The van der Waals surface area contributed by atoms with E-state index in [1.54, 1.807) is 36.4 Å². The van der Waals surface area contributed by atoms with E-state index < -0.39 is 11.8 Å². The van der Waals surface area contributed by atoms with Gasteiger partial charge in [0.2, 0.25) is 0 Å². The number of aromatic hydroxyl groups is 1. The van der Waals surface area contributed by atoms with Crippen molar-refractivity contribution in [1.29, 1.82) is 0 Å². The number of phenolic OH excluding ortho intramolecular Hbond substituents is 1. The van der Waals surface area contributed by atoms with E-state index in [2.05, 4.69) is 0 Å². The van der Waals surface area contributed by atoms with Crippen LogP contribution < -0.4 is 4.90 Å². The predicted octanol–water partition coefficient (Wildman–Crippen LogP) is 2.50. The number of benzene rings is 2. The Hall–Kier alpha value is -2.62. The largest absolute Gasteiger partial charge is 0.506 e. The van der Waals surface area contributed by atoms with Crippen molar-refractivity contribution in [1.82, 2.24) is 0 Å². The monoisotopic (exact) mass is 253 g/mol. The number of hydrogen-bond donors (Lipinski definition) is 1. The molecule has 0 bridgehead atoms. The molecule has 1 heterocycles. The Morgan fingerprint density at radius 3 is 2.11 bits per heavy atom. The maximum atomic E-state index is 12.3. The molecule has 1 aliphatic heterocycles. The first-order chi connectivity index (χ1) is 9.09. The first-order valence-corrected chi connectivity index (χ1v) is 5.87. The number of aryl methyl sites for hydroxylation is 1. The summed E-state index contributed by atoms with van der Waals surface area (Å²) in [5.41, 5.74) is 1.83. The third-order valence-corrected chi connectivity index (χ3v) is 3.17. The predicted molar refractivity (Wildman–Crippen MR) is 70.4 cm³/mol. The minimum absolute atomic E-state index is 0.0832. The van der Waals surface area contributed by atoms with Gasteiger partial charge in [-0.1, -0.05) is 18.2 Å². The molecule has 3 rings (SSSR count). The maximum absolute atomic E-state index is 12.3. The van der Waals surface area contributed by atoms with Crippen LogP contribution in [0.3, 0.4) is 0 Å². The number of hydrogen-bond acceptors (Lipinski definition) is 3. The number of rotatable bonds is 1. The van der Waals surface area contributed by atoms with Gasteiger partial charge in [0.15, 0.2) is 0 Å². The zero-order valence-electron chi connectivity index (χ0n) is 10.3. The van der Waals surface area contributed by atoms with E-state index >= 15 is 0 Å². The van der Waals surface area contributed by atoms with Crippen LogP contribution in [0, 0.1) is 6.92 Å². The highest BCUT2D eigenvalue weighted by atomic mass is 16.3. The first kappa shape index (κ1) is 11.5. The van der Waals surface area contributed by atoms with Crippen molar-refractivity contribution < 1.29 is 14.7 Å². The van der Waals surface area contributed by atoms with Crippen molar-refractivity contribution in [3.8, 4) is 5.75 Å². The highest BCUT2D eigenvalue weighted by molar-refractivity contribution is 6.34. The summed E-state index contributed by atoms with van der Waals surface area (Å²) in [6.07, 6.45) is 0. The topological polar surface area (TPSA) is 57.6 Å². The number of carbonyl (C=O) groups is 2. The summed E-state index contributed by atoms with van der Waals surface area (Å²) in [7, 11) is 0. The van der Waals surface area contributed by atoms with Crippen molar-refractivity contribution in [2.24, 2.45) is 0 Å². The van der Waals surface area contributed by atoms with Crippen LogP contribution in [0.5, 0.6) is 5.75 Å². The second-order valence-electron chi connectivity index (χ2n) is 4.48. The van der Waals surface area contributed by atoms with Gasteiger partial charge in [0, 0.05) is 0 Å². The summed E-state index contributed by atoms with van der Waals surface area (Å²) in [6.45, 7) is 1.83. The van der Waals surface area contributed by atoms with Crippen molar-refractivity contribution in [3.05, 3.63) is 59.2 Å². The second-order valence-corrected chi connectivity index (χ2v) is 4.48. The molecule has 0 spiro atoms. The molecule has 1 N–H and O–H groups in total. The first-order valence-electron chi connectivity index (χ1n) is 5.87. The van der Waals surface area contributed by atoms with E-state index in [1.165, 1.54) is 6.07 Å². The van der Waals surface area contributed by atoms with E-state index in [9.17, 15) is 14.7 Å². The van der Waals surface area contributed by atoms with Gasteiger partial charge in [-0.05, 0) is 36.8 Å². The van der Waals surface area contributed by atoms with Crippen LogP contribution in [0.1, 0.15) is 26.3 Å². The van der Waals surface area contributed by atoms with Gasteiger partial charge in [-0.25, -0.2) is 4.90 Å². The van der Waals surface area contributed by atoms with Crippen LogP contribution in [0.15, 0.2) is 42.5 Å². The van der Waals surface area contributed by atoms with Gasteiger partial charge in [0.1, 0.15) is 5.75 Å². The number of anilines is 1. The van der Waals surface area contributed by atoms with E-state index in [1.807, 2.05) is 6.92 Å². The molecular formula is C15H11NO3. The number of nitrogens with zero attached hydrogens (tertiary/aromatic N) is 1. The number of amides is 2. The molecule has 4 nitrogen and oxygen atoms in total. The Morgan fingerprint density at radius 2 is 1.53 bits per heavy atom. The lowest BCUT2D eigenvalue weighted by Gasteiger charge is -2.15. The molecule has 2 amide bonds. The fourth-order valence-electron chi connectivity index (χ4n) is 2.22. The molecule has 0 atom stereocenters. The van der Waals surface area contributed by atoms with Crippen LogP contribution in [0.2, 0.25) is 0 Å².